The molecule has 1 rings (SSSR count). The highest BCUT2D eigenvalue weighted by molar-refractivity contribution is 6.30. The Hall–Kier alpha value is -1.79. The average molecular weight is 385 g/mol. The van der Waals surface area contributed by atoms with Crippen LogP contribution < -0.4 is 5.32 Å². The summed E-state index contributed by atoms with van der Waals surface area (Å²) in [5.41, 5.74) is 0.514. The van der Waals surface area contributed by atoms with E-state index < -0.39 is 23.6 Å². The maximum Gasteiger partial charge on any atom is 0.328 e. The summed E-state index contributed by atoms with van der Waals surface area (Å²) >= 11 is 5.87. The number of nitrogens with zero attached hydrogens (tertiary/aromatic N) is 1. The normalized spacial score (nSPS) is 12.4. The van der Waals surface area contributed by atoms with E-state index in [-0.39, 0.29) is 13.2 Å². The van der Waals surface area contributed by atoms with Crippen LogP contribution in [0.5, 0.6) is 0 Å². The highest BCUT2D eigenvalue weighted by atomic mass is 35.5. The van der Waals surface area contributed by atoms with E-state index in [1.165, 1.54) is 4.90 Å². The predicted molar refractivity (Wildman–Crippen MR) is 102 cm³/mol. The smallest absolute Gasteiger partial charge is 0.328 e. The number of halogens is 1. The number of rotatable bonds is 8. The molecule has 0 spiro atoms. The van der Waals surface area contributed by atoms with Crippen LogP contribution in [0.2, 0.25) is 5.02 Å². The monoisotopic (exact) mass is 384 g/mol. The van der Waals surface area contributed by atoms with Crippen LogP contribution >= 0.6 is 11.6 Å². The number of hydrogen-bond donors (Lipinski definition) is 2. The van der Waals surface area contributed by atoms with Crippen molar-refractivity contribution in [3.05, 3.63) is 34.9 Å². The predicted octanol–water partition coefficient (Wildman–Crippen LogP) is 3.01. The van der Waals surface area contributed by atoms with Gasteiger partial charge in [-0.1, -0.05) is 23.7 Å². The van der Waals surface area contributed by atoms with Gasteiger partial charge in [-0.05, 0) is 58.2 Å². The number of benzene rings is 1. The fourth-order valence-electron chi connectivity index (χ4n) is 2.29. The number of carbonyl (C=O) groups is 2. The lowest BCUT2D eigenvalue weighted by molar-refractivity contribution is -0.156. The molecule has 0 unspecified atom stereocenters. The van der Waals surface area contributed by atoms with Crippen molar-refractivity contribution in [3.63, 3.8) is 0 Å². The third-order valence-corrected chi connectivity index (χ3v) is 3.82. The third-order valence-electron chi connectivity index (χ3n) is 3.56. The third kappa shape index (κ3) is 8.54. The van der Waals surface area contributed by atoms with Crippen molar-refractivity contribution in [3.8, 4) is 0 Å². The number of nitrogens with one attached hydrogen (secondary N) is 1. The number of ether oxygens (including phenoxy) is 1. The number of hydrogen-bond acceptors (Lipinski definition) is 4. The van der Waals surface area contributed by atoms with E-state index in [2.05, 4.69) is 5.32 Å². The number of carbonyl (C=O) groups excluding carboxylic acids is 2. The van der Waals surface area contributed by atoms with Gasteiger partial charge in [-0.2, -0.15) is 0 Å². The van der Waals surface area contributed by atoms with Gasteiger partial charge in [-0.15, -0.1) is 0 Å². The Bertz CT molecular complexity index is 584. The van der Waals surface area contributed by atoms with Gasteiger partial charge in [0.25, 0.3) is 0 Å². The SMILES string of the molecule is C[C@H](NC(=O)N(CCO)CCCc1ccc(Cl)cc1)C(=O)OC(C)(C)C. The van der Waals surface area contributed by atoms with Crippen LogP contribution in [0.15, 0.2) is 24.3 Å². The van der Waals surface area contributed by atoms with E-state index in [0.717, 1.165) is 18.4 Å². The van der Waals surface area contributed by atoms with Gasteiger partial charge >= 0.3 is 12.0 Å². The lowest BCUT2D eigenvalue weighted by Crippen LogP contribution is -2.49. The second-order valence-electron chi connectivity index (χ2n) is 7.15. The molecule has 1 aromatic rings. The van der Waals surface area contributed by atoms with Crippen molar-refractivity contribution in [1.29, 1.82) is 0 Å². The zero-order valence-corrected chi connectivity index (χ0v) is 16.7. The quantitative estimate of drug-likeness (QED) is 0.675. The molecule has 0 saturated carbocycles. The fraction of sp³-hybridized carbons (Fsp3) is 0.579. The van der Waals surface area contributed by atoms with Crippen LogP contribution in [-0.4, -0.2) is 53.3 Å². The van der Waals surface area contributed by atoms with Crippen molar-refractivity contribution < 1.29 is 19.4 Å². The Morgan fingerprint density at radius 3 is 2.38 bits per heavy atom. The molecule has 2 N–H and O–H groups in total. The first kappa shape index (κ1) is 22.3. The van der Waals surface area contributed by atoms with Crippen LogP contribution in [0.25, 0.3) is 0 Å². The van der Waals surface area contributed by atoms with Gasteiger partial charge in [-0.3, -0.25) is 0 Å². The largest absolute Gasteiger partial charge is 0.458 e. The molecule has 0 saturated heterocycles. The number of aliphatic hydroxyl groups excluding tert-OH is 1. The van der Waals surface area contributed by atoms with Crippen LogP contribution in [0.4, 0.5) is 4.79 Å². The summed E-state index contributed by atoms with van der Waals surface area (Å²) < 4.78 is 5.26. The summed E-state index contributed by atoms with van der Waals surface area (Å²) in [5.74, 6) is -0.490. The van der Waals surface area contributed by atoms with Crippen molar-refractivity contribution in [2.45, 2.75) is 52.2 Å². The average Bonchev–Trinajstić information content (AvgIpc) is 2.54. The Kier molecular flexibility index (Phi) is 8.88. The molecule has 7 heteroatoms. The van der Waals surface area contributed by atoms with Gasteiger partial charge in [0.05, 0.1) is 6.61 Å². The Balaban J connectivity index is 2.52. The van der Waals surface area contributed by atoms with E-state index in [4.69, 9.17) is 16.3 Å². The zero-order valence-electron chi connectivity index (χ0n) is 15.9. The van der Waals surface area contributed by atoms with Gasteiger partial charge < -0.3 is 20.1 Å². The molecule has 0 heterocycles. The molecule has 0 fully saturated rings. The summed E-state index contributed by atoms with van der Waals surface area (Å²) in [6.45, 7) is 7.42. The van der Waals surface area contributed by atoms with E-state index in [1.807, 2.05) is 24.3 Å². The molecule has 0 radical (unpaired) electrons. The van der Waals surface area contributed by atoms with Gasteiger partial charge in [0.2, 0.25) is 0 Å². The van der Waals surface area contributed by atoms with Crippen LogP contribution in [0.3, 0.4) is 0 Å². The minimum absolute atomic E-state index is 0.144. The zero-order chi connectivity index (χ0) is 19.7. The fourth-order valence-corrected chi connectivity index (χ4v) is 2.41. The summed E-state index contributed by atoms with van der Waals surface area (Å²) in [6.07, 6.45) is 1.52. The first-order valence-electron chi connectivity index (χ1n) is 8.76. The number of urea groups is 1. The molecule has 146 valence electrons. The van der Waals surface area contributed by atoms with E-state index in [1.54, 1.807) is 27.7 Å². The minimum atomic E-state index is -0.765. The lowest BCUT2D eigenvalue weighted by atomic mass is 10.1. The molecule has 26 heavy (non-hydrogen) atoms. The number of aryl methyl sites for hydroxylation is 1. The van der Waals surface area contributed by atoms with Crippen molar-refractivity contribution in [2.24, 2.45) is 0 Å². The van der Waals surface area contributed by atoms with Crippen molar-refractivity contribution in [2.75, 3.05) is 19.7 Å². The maximum atomic E-state index is 12.4. The summed E-state index contributed by atoms with van der Waals surface area (Å²) in [6, 6.07) is 6.40. The minimum Gasteiger partial charge on any atom is -0.458 e. The molecule has 0 aliphatic rings. The molecule has 1 atom stereocenters. The summed E-state index contributed by atoms with van der Waals surface area (Å²) in [7, 11) is 0. The number of amides is 2. The Morgan fingerprint density at radius 2 is 1.85 bits per heavy atom. The van der Waals surface area contributed by atoms with E-state index >= 15 is 0 Å². The number of esters is 1. The summed E-state index contributed by atoms with van der Waals surface area (Å²) in [4.78, 5) is 25.9. The van der Waals surface area contributed by atoms with Crippen LogP contribution in [0.1, 0.15) is 39.7 Å². The molecule has 0 bridgehead atoms. The molecular weight excluding hydrogens is 356 g/mol. The first-order valence-corrected chi connectivity index (χ1v) is 9.14. The summed E-state index contributed by atoms with van der Waals surface area (Å²) in [5, 5.41) is 12.5. The van der Waals surface area contributed by atoms with Gasteiger partial charge in [0.1, 0.15) is 11.6 Å². The molecular formula is C19H29ClN2O4. The van der Waals surface area contributed by atoms with Crippen molar-refractivity contribution >= 4 is 23.6 Å². The molecule has 0 aliphatic carbocycles. The van der Waals surface area contributed by atoms with Gasteiger partial charge in [-0.25, -0.2) is 9.59 Å². The topological polar surface area (TPSA) is 78.9 Å². The maximum absolute atomic E-state index is 12.4. The second kappa shape index (κ2) is 10.4. The Labute approximate surface area is 160 Å². The highest BCUT2D eigenvalue weighted by Gasteiger charge is 2.24. The Morgan fingerprint density at radius 1 is 1.23 bits per heavy atom. The molecule has 6 nitrogen and oxygen atoms in total. The second-order valence-corrected chi connectivity index (χ2v) is 7.58. The molecule has 0 aliphatic heterocycles. The van der Waals surface area contributed by atoms with Crippen molar-refractivity contribution in [1.82, 2.24) is 10.2 Å². The molecule has 2 amide bonds. The van der Waals surface area contributed by atoms with Crippen LogP contribution in [0, 0.1) is 0 Å². The highest BCUT2D eigenvalue weighted by Crippen LogP contribution is 2.11. The van der Waals surface area contributed by atoms with Gasteiger partial charge in [0, 0.05) is 18.1 Å². The first-order chi connectivity index (χ1) is 12.1. The van der Waals surface area contributed by atoms with E-state index in [0.29, 0.717) is 11.6 Å². The molecule has 0 aromatic heterocycles. The van der Waals surface area contributed by atoms with Crippen LogP contribution in [-0.2, 0) is 16.0 Å². The molecule has 1 aromatic carbocycles. The standard InChI is InChI=1S/C19H29ClN2O4/c1-14(17(24)26-19(2,3)4)21-18(25)22(12-13-23)11-5-6-15-7-9-16(20)10-8-15/h7-10,14,23H,5-6,11-13H2,1-4H3,(H,21,25)/t14-/m0/s1. The number of aliphatic hydroxyl groups is 1. The lowest BCUT2D eigenvalue weighted by Gasteiger charge is -2.26. The van der Waals surface area contributed by atoms with E-state index in [9.17, 15) is 14.7 Å². The van der Waals surface area contributed by atoms with Gasteiger partial charge in [0.15, 0.2) is 0 Å².